The summed E-state index contributed by atoms with van der Waals surface area (Å²) in [5.74, 6) is 0.160. The molecule has 0 unspecified atom stereocenters. The summed E-state index contributed by atoms with van der Waals surface area (Å²) >= 11 is 0. The van der Waals surface area contributed by atoms with E-state index in [-0.39, 0.29) is 5.82 Å². The number of halogens is 2. The molecule has 0 bridgehead atoms. The molecule has 0 amide bonds. The number of hydrogen-bond donors (Lipinski definition) is 1. The predicted molar refractivity (Wildman–Crippen MR) is 89.1 cm³/mol. The van der Waals surface area contributed by atoms with E-state index in [1.807, 2.05) is 19.1 Å². The first-order chi connectivity index (χ1) is 11.5. The Morgan fingerprint density at radius 1 is 1.25 bits per heavy atom. The Kier molecular flexibility index (Phi) is 4.24. The fourth-order valence-electron chi connectivity index (χ4n) is 2.59. The number of aryl methyl sites for hydroxylation is 2. The van der Waals surface area contributed by atoms with E-state index in [0.29, 0.717) is 22.3 Å². The highest BCUT2D eigenvalue weighted by Crippen LogP contribution is 2.24. The van der Waals surface area contributed by atoms with Gasteiger partial charge in [-0.1, -0.05) is 6.07 Å². The molecule has 0 saturated carbocycles. The molecule has 0 aliphatic rings. The van der Waals surface area contributed by atoms with Crippen LogP contribution in [0.3, 0.4) is 0 Å². The third kappa shape index (κ3) is 2.97. The first-order valence-electron chi connectivity index (χ1n) is 7.45. The van der Waals surface area contributed by atoms with Crippen molar-refractivity contribution in [3.05, 3.63) is 58.3 Å². The molecule has 0 radical (unpaired) electrons. The van der Waals surface area contributed by atoms with Gasteiger partial charge in [-0.3, -0.25) is 9.55 Å². The molecule has 1 aromatic carbocycles. The lowest BCUT2D eigenvalue weighted by molar-refractivity contribution is 0.163. The van der Waals surface area contributed by atoms with Gasteiger partial charge in [-0.2, -0.15) is 4.98 Å². The van der Waals surface area contributed by atoms with Gasteiger partial charge in [0.05, 0.1) is 23.4 Å². The van der Waals surface area contributed by atoms with Crippen molar-refractivity contribution < 1.29 is 8.78 Å². The first-order valence-corrected chi connectivity index (χ1v) is 7.45. The van der Waals surface area contributed by atoms with Crippen LogP contribution in [-0.4, -0.2) is 27.5 Å². The molecule has 0 spiro atoms. The number of rotatable bonds is 4. The number of anilines is 1. The van der Waals surface area contributed by atoms with Crippen LogP contribution in [0.15, 0.2) is 41.3 Å². The maximum absolute atomic E-state index is 12.6. The number of alkyl halides is 2. The largest absolute Gasteiger partial charge is 0.364 e. The minimum atomic E-state index is -2.53. The third-order valence-electron chi connectivity index (χ3n) is 3.69. The number of fused-ring (bicyclic) bond motifs is 1. The van der Waals surface area contributed by atoms with E-state index in [4.69, 9.17) is 0 Å². The molecular formula is C17H16F2N4O. The monoisotopic (exact) mass is 330 g/mol. The van der Waals surface area contributed by atoms with E-state index >= 15 is 0 Å². The molecule has 124 valence electrons. The lowest BCUT2D eigenvalue weighted by Crippen LogP contribution is -2.25. The molecule has 24 heavy (non-hydrogen) atoms. The van der Waals surface area contributed by atoms with Crippen LogP contribution in [0.1, 0.15) is 11.3 Å². The zero-order valence-corrected chi connectivity index (χ0v) is 13.3. The van der Waals surface area contributed by atoms with Gasteiger partial charge in [-0.15, -0.1) is 0 Å². The Bertz CT molecular complexity index is 953. The van der Waals surface area contributed by atoms with E-state index < -0.39 is 18.7 Å². The average Bonchev–Trinajstić information content (AvgIpc) is 2.53. The van der Waals surface area contributed by atoms with Crippen LogP contribution in [-0.2, 0) is 0 Å². The Balaban J connectivity index is 2.30. The summed E-state index contributed by atoms with van der Waals surface area (Å²) < 4.78 is 26.5. The Labute approximate surface area is 137 Å². The molecule has 2 heterocycles. The van der Waals surface area contributed by atoms with E-state index in [1.54, 1.807) is 31.3 Å². The van der Waals surface area contributed by atoms with Crippen molar-refractivity contribution in [1.82, 2.24) is 14.5 Å². The minimum absolute atomic E-state index is 0.160. The topological polar surface area (TPSA) is 59.8 Å². The second-order valence-corrected chi connectivity index (χ2v) is 5.48. The Morgan fingerprint density at radius 3 is 2.75 bits per heavy atom. The number of nitrogens with one attached hydrogen (secondary N) is 1. The summed E-state index contributed by atoms with van der Waals surface area (Å²) in [5, 5.41) is 3.15. The molecule has 0 fully saturated rings. The van der Waals surface area contributed by atoms with Crippen LogP contribution in [0.2, 0.25) is 0 Å². The van der Waals surface area contributed by atoms with Crippen LogP contribution in [0.5, 0.6) is 0 Å². The van der Waals surface area contributed by atoms with Gasteiger partial charge in [0.2, 0.25) is 0 Å². The van der Waals surface area contributed by atoms with Crippen molar-refractivity contribution in [3.63, 3.8) is 0 Å². The number of hydrogen-bond acceptors (Lipinski definition) is 4. The predicted octanol–water partition coefficient (Wildman–Crippen LogP) is 3.07. The zero-order valence-electron chi connectivity index (χ0n) is 13.3. The van der Waals surface area contributed by atoms with Gasteiger partial charge in [0.25, 0.3) is 6.43 Å². The van der Waals surface area contributed by atoms with Gasteiger partial charge in [0.1, 0.15) is 5.82 Å². The van der Waals surface area contributed by atoms with Crippen LogP contribution in [0.4, 0.5) is 14.6 Å². The summed E-state index contributed by atoms with van der Waals surface area (Å²) in [7, 11) is 0. The van der Waals surface area contributed by atoms with Crippen molar-refractivity contribution >= 4 is 16.7 Å². The van der Waals surface area contributed by atoms with Crippen molar-refractivity contribution in [1.29, 1.82) is 0 Å². The Morgan fingerprint density at radius 2 is 2.04 bits per heavy atom. The molecule has 0 aliphatic heterocycles. The quantitative estimate of drug-likeness (QED) is 0.799. The maximum Gasteiger partial charge on any atom is 0.354 e. The maximum atomic E-state index is 12.6. The van der Waals surface area contributed by atoms with Crippen molar-refractivity contribution in [3.8, 4) is 5.69 Å². The van der Waals surface area contributed by atoms with Gasteiger partial charge in [0.15, 0.2) is 0 Å². The molecule has 0 atom stereocenters. The molecule has 3 aromatic rings. The highest BCUT2D eigenvalue weighted by Gasteiger charge is 2.14. The highest BCUT2D eigenvalue weighted by atomic mass is 19.3. The lowest BCUT2D eigenvalue weighted by Gasteiger charge is -2.15. The number of pyridine rings is 1. The normalized spacial score (nSPS) is 11.2. The number of nitrogens with zero attached hydrogens (tertiary/aromatic N) is 3. The van der Waals surface area contributed by atoms with Gasteiger partial charge in [-0.05, 0) is 43.7 Å². The highest BCUT2D eigenvalue weighted by molar-refractivity contribution is 5.90. The fraction of sp³-hybridized carbons (Fsp3) is 0.235. The minimum Gasteiger partial charge on any atom is -0.364 e. The fourth-order valence-corrected chi connectivity index (χ4v) is 2.59. The number of benzene rings is 1. The number of aromatic nitrogens is 3. The van der Waals surface area contributed by atoms with Crippen LogP contribution in [0.25, 0.3) is 16.6 Å². The molecule has 7 heteroatoms. The van der Waals surface area contributed by atoms with Crippen LogP contribution >= 0.6 is 0 Å². The molecule has 0 aliphatic carbocycles. The van der Waals surface area contributed by atoms with Gasteiger partial charge in [0, 0.05) is 11.6 Å². The van der Waals surface area contributed by atoms with Crippen LogP contribution < -0.4 is 11.0 Å². The summed E-state index contributed by atoms with van der Waals surface area (Å²) in [4.78, 5) is 20.7. The standard InChI is InChI=1S/C17H16F2N4O/c1-10-5-6-12-14(8-10)23(13-4-3-7-20-11(13)2)17(24)22-16(12)21-9-15(18)19/h3-8,15H,9H2,1-2H3,(H,21,22,24). The molecule has 5 nitrogen and oxygen atoms in total. The lowest BCUT2D eigenvalue weighted by atomic mass is 10.1. The molecular weight excluding hydrogens is 314 g/mol. The van der Waals surface area contributed by atoms with E-state index in [2.05, 4.69) is 15.3 Å². The van der Waals surface area contributed by atoms with Crippen molar-refractivity contribution in [2.24, 2.45) is 0 Å². The third-order valence-corrected chi connectivity index (χ3v) is 3.69. The SMILES string of the molecule is Cc1ccc2c(NCC(F)F)nc(=O)n(-c3cccnc3C)c2c1. The van der Waals surface area contributed by atoms with E-state index in [1.165, 1.54) is 4.57 Å². The first kappa shape index (κ1) is 16.0. The second kappa shape index (κ2) is 6.35. The molecule has 2 aromatic heterocycles. The zero-order chi connectivity index (χ0) is 17.3. The average molecular weight is 330 g/mol. The van der Waals surface area contributed by atoms with Crippen LogP contribution in [0, 0.1) is 13.8 Å². The molecule has 3 rings (SSSR count). The van der Waals surface area contributed by atoms with Crippen molar-refractivity contribution in [2.45, 2.75) is 20.3 Å². The molecule has 0 saturated heterocycles. The van der Waals surface area contributed by atoms with Gasteiger partial charge < -0.3 is 5.32 Å². The van der Waals surface area contributed by atoms with Gasteiger partial charge >= 0.3 is 5.69 Å². The summed E-state index contributed by atoms with van der Waals surface area (Å²) in [6.45, 7) is 3.13. The van der Waals surface area contributed by atoms with E-state index in [0.717, 1.165) is 5.56 Å². The summed E-state index contributed by atoms with van der Waals surface area (Å²) in [6.07, 6.45) is -0.890. The smallest absolute Gasteiger partial charge is 0.354 e. The van der Waals surface area contributed by atoms with E-state index in [9.17, 15) is 13.6 Å². The Hall–Kier alpha value is -2.83. The van der Waals surface area contributed by atoms with Gasteiger partial charge in [-0.25, -0.2) is 13.6 Å². The molecule has 1 N–H and O–H groups in total. The van der Waals surface area contributed by atoms with Crippen molar-refractivity contribution in [2.75, 3.05) is 11.9 Å². The second-order valence-electron chi connectivity index (χ2n) is 5.48. The summed E-state index contributed by atoms with van der Waals surface area (Å²) in [5.41, 5.74) is 2.30. The summed E-state index contributed by atoms with van der Waals surface area (Å²) in [6, 6.07) is 8.97.